The van der Waals surface area contributed by atoms with Crippen molar-refractivity contribution in [3.8, 4) is 5.88 Å². The molecule has 2 heterocycles. The van der Waals surface area contributed by atoms with E-state index in [1.54, 1.807) is 0 Å². The van der Waals surface area contributed by atoms with Gasteiger partial charge < -0.3 is 15.0 Å². The van der Waals surface area contributed by atoms with Gasteiger partial charge in [-0.15, -0.1) is 0 Å². The number of rotatable bonds is 6. The first-order chi connectivity index (χ1) is 10.1. The summed E-state index contributed by atoms with van der Waals surface area (Å²) in [6, 6.07) is 5.13. The molecular formula is C17H29N3O. The second-order valence-electron chi connectivity index (χ2n) is 6.37. The number of piperidine rings is 1. The topological polar surface area (TPSA) is 37.4 Å². The number of hydrogen-bond acceptors (Lipinski definition) is 4. The summed E-state index contributed by atoms with van der Waals surface area (Å²) < 4.78 is 5.90. The molecule has 21 heavy (non-hydrogen) atoms. The zero-order chi connectivity index (χ0) is 15.2. The molecule has 1 aromatic rings. The smallest absolute Gasteiger partial charge is 0.213 e. The maximum absolute atomic E-state index is 5.90. The van der Waals surface area contributed by atoms with Gasteiger partial charge >= 0.3 is 0 Å². The van der Waals surface area contributed by atoms with Crippen molar-refractivity contribution in [1.82, 2.24) is 15.2 Å². The average molecular weight is 291 g/mol. The fraction of sp³-hybridized carbons (Fsp3) is 0.706. The maximum atomic E-state index is 5.90. The van der Waals surface area contributed by atoms with Crippen molar-refractivity contribution in [3.63, 3.8) is 0 Å². The molecule has 4 heteroatoms. The highest BCUT2D eigenvalue weighted by atomic mass is 16.5. The molecular weight excluding hydrogens is 262 g/mol. The van der Waals surface area contributed by atoms with E-state index in [0.717, 1.165) is 24.7 Å². The first-order valence-electron chi connectivity index (χ1n) is 8.09. The summed E-state index contributed by atoms with van der Waals surface area (Å²) >= 11 is 0. The van der Waals surface area contributed by atoms with Gasteiger partial charge in [0, 0.05) is 30.4 Å². The van der Waals surface area contributed by atoms with Crippen molar-refractivity contribution < 1.29 is 4.74 Å². The van der Waals surface area contributed by atoms with Gasteiger partial charge in [0.15, 0.2) is 0 Å². The lowest BCUT2D eigenvalue weighted by Crippen LogP contribution is -2.40. The van der Waals surface area contributed by atoms with E-state index in [4.69, 9.17) is 4.74 Å². The van der Waals surface area contributed by atoms with E-state index >= 15 is 0 Å². The van der Waals surface area contributed by atoms with E-state index in [0.29, 0.717) is 12.1 Å². The third kappa shape index (κ3) is 4.97. The van der Waals surface area contributed by atoms with Gasteiger partial charge in [0.2, 0.25) is 5.88 Å². The van der Waals surface area contributed by atoms with Crippen LogP contribution in [0.4, 0.5) is 0 Å². The van der Waals surface area contributed by atoms with E-state index in [9.17, 15) is 0 Å². The number of pyridine rings is 1. The van der Waals surface area contributed by atoms with Crippen LogP contribution in [-0.2, 0) is 6.54 Å². The SMILES string of the molecule is Cc1nc(OCC2CCCCN2C)ccc1CNC(C)C. The highest BCUT2D eigenvalue weighted by molar-refractivity contribution is 5.25. The molecule has 0 spiro atoms. The second kappa shape index (κ2) is 7.76. The van der Waals surface area contributed by atoms with Crippen molar-refractivity contribution in [1.29, 1.82) is 0 Å². The Morgan fingerprint density at radius 3 is 2.86 bits per heavy atom. The Labute approximate surface area is 128 Å². The number of hydrogen-bond donors (Lipinski definition) is 1. The minimum absolute atomic E-state index is 0.488. The van der Waals surface area contributed by atoms with E-state index in [1.165, 1.54) is 31.4 Å². The molecule has 0 amide bonds. The zero-order valence-electron chi connectivity index (χ0n) is 13.9. The first-order valence-corrected chi connectivity index (χ1v) is 8.09. The van der Waals surface area contributed by atoms with Gasteiger partial charge in [0.25, 0.3) is 0 Å². The van der Waals surface area contributed by atoms with E-state index < -0.39 is 0 Å². The van der Waals surface area contributed by atoms with Gasteiger partial charge in [0.1, 0.15) is 6.61 Å². The fourth-order valence-corrected chi connectivity index (χ4v) is 2.68. The molecule has 1 atom stereocenters. The molecule has 1 saturated heterocycles. The second-order valence-corrected chi connectivity index (χ2v) is 6.37. The van der Waals surface area contributed by atoms with Crippen molar-refractivity contribution in [2.75, 3.05) is 20.2 Å². The molecule has 0 bridgehead atoms. The van der Waals surface area contributed by atoms with E-state index in [1.807, 2.05) is 6.07 Å². The summed E-state index contributed by atoms with van der Waals surface area (Å²) in [6.07, 6.45) is 3.85. The zero-order valence-corrected chi connectivity index (χ0v) is 13.9. The van der Waals surface area contributed by atoms with E-state index in [-0.39, 0.29) is 0 Å². The van der Waals surface area contributed by atoms with Crippen LogP contribution in [0.2, 0.25) is 0 Å². The van der Waals surface area contributed by atoms with Crippen molar-refractivity contribution in [3.05, 3.63) is 23.4 Å². The summed E-state index contributed by atoms with van der Waals surface area (Å²) in [7, 11) is 2.19. The summed E-state index contributed by atoms with van der Waals surface area (Å²) in [5.41, 5.74) is 2.29. The number of nitrogens with one attached hydrogen (secondary N) is 1. The van der Waals surface area contributed by atoms with E-state index in [2.05, 4.69) is 49.1 Å². The lowest BCUT2D eigenvalue weighted by atomic mass is 10.0. The largest absolute Gasteiger partial charge is 0.476 e. The van der Waals surface area contributed by atoms with Crippen molar-refractivity contribution in [2.45, 2.75) is 58.7 Å². The van der Waals surface area contributed by atoms with Crippen LogP contribution in [0.1, 0.15) is 44.4 Å². The van der Waals surface area contributed by atoms with Crippen molar-refractivity contribution >= 4 is 0 Å². The van der Waals surface area contributed by atoms with Crippen LogP contribution in [0.25, 0.3) is 0 Å². The molecule has 0 radical (unpaired) electrons. The highest BCUT2D eigenvalue weighted by Gasteiger charge is 2.19. The van der Waals surface area contributed by atoms with Crippen LogP contribution in [-0.4, -0.2) is 42.2 Å². The van der Waals surface area contributed by atoms with Gasteiger partial charge in [-0.2, -0.15) is 0 Å². The minimum Gasteiger partial charge on any atom is -0.476 e. The summed E-state index contributed by atoms with van der Waals surface area (Å²) in [5.74, 6) is 0.750. The van der Waals surface area contributed by atoms with Crippen molar-refractivity contribution in [2.24, 2.45) is 0 Å². The first kappa shape index (κ1) is 16.2. The molecule has 1 aliphatic heterocycles. The van der Waals surface area contributed by atoms with Crippen LogP contribution in [0, 0.1) is 6.92 Å². The van der Waals surface area contributed by atoms with Gasteiger partial charge in [-0.25, -0.2) is 4.98 Å². The monoisotopic (exact) mass is 291 g/mol. The molecule has 1 fully saturated rings. The lowest BCUT2D eigenvalue weighted by Gasteiger charge is -2.32. The molecule has 1 N–H and O–H groups in total. The Bertz CT molecular complexity index is 448. The molecule has 0 saturated carbocycles. The minimum atomic E-state index is 0.488. The molecule has 118 valence electrons. The van der Waals surface area contributed by atoms with Gasteiger partial charge in [-0.05, 0) is 38.9 Å². The normalized spacial score (nSPS) is 20.0. The maximum Gasteiger partial charge on any atom is 0.213 e. The Kier molecular flexibility index (Phi) is 6.00. The summed E-state index contributed by atoms with van der Waals surface area (Å²) in [4.78, 5) is 6.98. The van der Waals surface area contributed by atoms with Crippen LogP contribution >= 0.6 is 0 Å². The highest BCUT2D eigenvalue weighted by Crippen LogP contribution is 2.17. The number of likely N-dealkylation sites (N-methyl/N-ethyl adjacent to an activating group) is 1. The molecule has 1 aliphatic rings. The molecule has 2 rings (SSSR count). The van der Waals surface area contributed by atoms with Crippen LogP contribution in [0.15, 0.2) is 12.1 Å². The molecule has 0 aliphatic carbocycles. The van der Waals surface area contributed by atoms with Gasteiger partial charge in [0.05, 0.1) is 0 Å². The molecule has 1 aromatic heterocycles. The Morgan fingerprint density at radius 2 is 2.19 bits per heavy atom. The summed E-state index contributed by atoms with van der Waals surface area (Å²) in [5, 5.41) is 3.42. The summed E-state index contributed by atoms with van der Waals surface area (Å²) in [6.45, 7) is 9.15. The van der Waals surface area contributed by atoms with Crippen LogP contribution in [0.3, 0.4) is 0 Å². The predicted octanol–water partition coefficient (Wildman–Crippen LogP) is 2.75. The van der Waals surface area contributed by atoms with Gasteiger partial charge in [-0.3, -0.25) is 0 Å². The number of aryl methyl sites for hydroxylation is 1. The molecule has 0 aromatic carbocycles. The number of ether oxygens (including phenoxy) is 1. The number of aromatic nitrogens is 1. The Hall–Kier alpha value is -1.13. The number of likely N-dealkylation sites (tertiary alicyclic amines) is 1. The van der Waals surface area contributed by atoms with Crippen LogP contribution in [0.5, 0.6) is 5.88 Å². The average Bonchev–Trinajstić information content (AvgIpc) is 2.45. The Morgan fingerprint density at radius 1 is 1.38 bits per heavy atom. The lowest BCUT2D eigenvalue weighted by molar-refractivity contribution is 0.122. The number of nitrogens with zero attached hydrogens (tertiary/aromatic N) is 2. The Balaban J connectivity index is 1.87. The third-order valence-electron chi connectivity index (χ3n) is 4.22. The fourth-order valence-electron chi connectivity index (χ4n) is 2.68. The van der Waals surface area contributed by atoms with Gasteiger partial charge in [-0.1, -0.05) is 26.3 Å². The molecule has 4 nitrogen and oxygen atoms in total. The predicted molar refractivity (Wildman–Crippen MR) is 86.7 cm³/mol. The molecule has 1 unspecified atom stereocenters. The quantitative estimate of drug-likeness (QED) is 0.874. The third-order valence-corrected chi connectivity index (χ3v) is 4.22. The van der Waals surface area contributed by atoms with Crippen LogP contribution < -0.4 is 10.1 Å². The standard InChI is InChI=1S/C17H29N3O/c1-13(2)18-11-15-8-9-17(19-14(15)3)21-12-16-7-5-6-10-20(16)4/h8-9,13,16,18H,5-7,10-12H2,1-4H3.